The van der Waals surface area contributed by atoms with E-state index in [0.717, 1.165) is 11.9 Å². The monoisotopic (exact) mass is 384 g/mol. The summed E-state index contributed by atoms with van der Waals surface area (Å²) in [5, 5.41) is 7.23. The van der Waals surface area contributed by atoms with Gasteiger partial charge in [-0.2, -0.15) is 5.10 Å². The maximum Gasteiger partial charge on any atom is 0.573 e. The normalized spacial score (nSPS) is 16.7. The van der Waals surface area contributed by atoms with Crippen LogP contribution >= 0.6 is 0 Å². The van der Waals surface area contributed by atoms with Crippen LogP contribution < -0.4 is 10.1 Å². The number of nitrogens with zero attached hydrogens (tertiary/aromatic N) is 3. The van der Waals surface area contributed by atoms with Gasteiger partial charge >= 0.3 is 6.36 Å². The molecule has 146 valence electrons. The molecule has 10 heteroatoms. The van der Waals surface area contributed by atoms with Gasteiger partial charge in [0, 0.05) is 25.1 Å². The molecule has 0 saturated carbocycles. The molecule has 3 rings (SSSR count). The van der Waals surface area contributed by atoms with Gasteiger partial charge in [0.2, 0.25) is 0 Å². The Hall–Kier alpha value is -2.62. The lowest BCUT2D eigenvalue weighted by Crippen LogP contribution is -2.41. The minimum absolute atomic E-state index is 0.145. The van der Waals surface area contributed by atoms with Crippen molar-refractivity contribution in [3.63, 3.8) is 0 Å². The fourth-order valence-electron chi connectivity index (χ4n) is 2.97. The third kappa shape index (κ3) is 4.76. The second-order valence-corrected chi connectivity index (χ2v) is 6.30. The van der Waals surface area contributed by atoms with E-state index in [2.05, 4.69) is 20.1 Å². The van der Waals surface area contributed by atoms with Crippen LogP contribution in [0.15, 0.2) is 18.2 Å². The zero-order valence-electron chi connectivity index (χ0n) is 14.8. The third-order valence-electron chi connectivity index (χ3n) is 4.17. The van der Waals surface area contributed by atoms with E-state index in [9.17, 15) is 18.0 Å². The Kier molecular flexibility index (Phi) is 5.36. The van der Waals surface area contributed by atoms with Crippen molar-refractivity contribution in [2.45, 2.75) is 45.3 Å². The Morgan fingerprint density at radius 2 is 2.19 bits per heavy atom. The van der Waals surface area contributed by atoms with E-state index in [1.807, 2.05) is 0 Å². The van der Waals surface area contributed by atoms with Gasteiger partial charge in [0.1, 0.15) is 18.2 Å². The summed E-state index contributed by atoms with van der Waals surface area (Å²) in [6, 6.07) is 3.68. The first-order valence-electron chi connectivity index (χ1n) is 8.34. The van der Waals surface area contributed by atoms with E-state index in [4.69, 9.17) is 4.74 Å². The molecule has 0 bridgehead atoms. The van der Waals surface area contributed by atoms with E-state index in [1.54, 1.807) is 11.8 Å². The van der Waals surface area contributed by atoms with Gasteiger partial charge in [-0.1, -0.05) is 0 Å². The van der Waals surface area contributed by atoms with E-state index >= 15 is 0 Å². The molecule has 0 saturated heterocycles. The van der Waals surface area contributed by atoms with Crippen molar-refractivity contribution in [1.82, 2.24) is 20.1 Å². The number of hydrogen-bond donors (Lipinski definition) is 1. The van der Waals surface area contributed by atoms with Crippen LogP contribution in [0, 0.1) is 6.92 Å². The Bertz CT molecular complexity index is 835. The number of methoxy groups -OCH3 is 1. The number of amides is 1. The molecule has 0 radical (unpaired) electrons. The van der Waals surface area contributed by atoms with E-state index < -0.39 is 6.36 Å². The molecular weight excluding hydrogens is 365 g/mol. The first kappa shape index (κ1) is 19.2. The predicted molar refractivity (Wildman–Crippen MR) is 88.2 cm³/mol. The van der Waals surface area contributed by atoms with E-state index in [-0.39, 0.29) is 28.8 Å². The third-order valence-corrected chi connectivity index (χ3v) is 4.17. The number of halogens is 3. The second-order valence-electron chi connectivity index (χ2n) is 6.30. The number of nitrogens with one attached hydrogen (secondary N) is 1. The van der Waals surface area contributed by atoms with Gasteiger partial charge in [-0.05, 0) is 37.1 Å². The average Bonchev–Trinajstić information content (AvgIpc) is 2.97. The Labute approximate surface area is 153 Å². The zero-order valence-corrected chi connectivity index (χ0v) is 14.8. The molecule has 0 spiro atoms. The highest BCUT2D eigenvalue weighted by Gasteiger charge is 2.32. The average molecular weight is 384 g/mol. The minimum atomic E-state index is -4.77. The summed E-state index contributed by atoms with van der Waals surface area (Å²) >= 11 is 0. The molecule has 1 aromatic heterocycles. The number of fused-ring (bicyclic) bond motifs is 1. The SMILES string of the molecule is COCc1nc2n(n1)CC(NC(=O)c1ccc(OC(F)(F)F)c(C)c1)CC2. The van der Waals surface area contributed by atoms with Crippen LogP contribution in [0.1, 0.15) is 34.0 Å². The standard InChI is InChI=1S/C17H19F3N4O3/c1-10-7-11(3-5-13(10)27-17(18,19)20)16(25)21-12-4-6-15-22-14(9-26-2)23-24(15)8-12/h3,5,7,12H,4,6,8-9H2,1-2H3,(H,21,25). The molecule has 1 N–H and O–H groups in total. The Morgan fingerprint density at radius 3 is 2.85 bits per heavy atom. The second kappa shape index (κ2) is 7.55. The molecule has 7 nitrogen and oxygen atoms in total. The topological polar surface area (TPSA) is 78.3 Å². The van der Waals surface area contributed by atoms with E-state index in [1.165, 1.54) is 19.1 Å². The predicted octanol–water partition coefficient (Wildman–Crippen LogP) is 2.38. The van der Waals surface area contributed by atoms with Crippen LogP contribution in [0.25, 0.3) is 0 Å². The van der Waals surface area contributed by atoms with Crippen molar-refractivity contribution < 1.29 is 27.4 Å². The van der Waals surface area contributed by atoms with Crippen LogP contribution in [0.5, 0.6) is 5.75 Å². The summed E-state index contributed by atoms with van der Waals surface area (Å²) in [7, 11) is 1.57. The summed E-state index contributed by atoms with van der Waals surface area (Å²) < 4.78 is 47.7. The summed E-state index contributed by atoms with van der Waals surface area (Å²) in [4.78, 5) is 16.8. The minimum Gasteiger partial charge on any atom is -0.406 e. The molecule has 1 aliphatic heterocycles. The molecule has 1 aliphatic rings. The van der Waals surface area contributed by atoms with E-state index in [0.29, 0.717) is 31.8 Å². The molecule has 0 fully saturated rings. The number of benzene rings is 1. The van der Waals surface area contributed by atoms with Crippen LogP contribution in [0.2, 0.25) is 0 Å². The van der Waals surface area contributed by atoms with Crippen molar-refractivity contribution in [3.8, 4) is 5.75 Å². The van der Waals surface area contributed by atoms with Crippen LogP contribution in [0.3, 0.4) is 0 Å². The highest BCUT2D eigenvalue weighted by molar-refractivity contribution is 5.94. The van der Waals surface area contributed by atoms with Gasteiger partial charge in [0.15, 0.2) is 5.82 Å². The molecule has 1 amide bonds. The molecule has 1 aromatic carbocycles. The summed E-state index contributed by atoms with van der Waals surface area (Å²) in [6.07, 6.45) is -3.40. The van der Waals surface area contributed by atoms with Gasteiger partial charge in [0.25, 0.3) is 5.91 Å². The maximum atomic E-state index is 12.4. The van der Waals surface area contributed by atoms with Crippen molar-refractivity contribution in [2.24, 2.45) is 0 Å². The number of aryl methyl sites for hydroxylation is 2. The van der Waals surface area contributed by atoms with Gasteiger partial charge in [-0.15, -0.1) is 13.2 Å². The fourth-order valence-corrected chi connectivity index (χ4v) is 2.97. The smallest absolute Gasteiger partial charge is 0.406 e. The number of alkyl halides is 3. The maximum absolute atomic E-state index is 12.4. The highest BCUT2D eigenvalue weighted by atomic mass is 19.4. The van der Waals surface area contributed by atoms with Crippen molar-refractivity contribution in [2.75, 3.05) is 7.11 Å². The van der Waals surface area contributed by atoms with Gasteiger partial charge in [0.05, 0.1) is 6.54 Å². The largest absolute Gasteiger partial charge is 0.573 e. The van der Waals surface area contributed by atoms with Crippen molar-refractivity contribution in [3.05, 3.63) is 41.0 Å². The summed E-state index contributed by atoms with van der Waals surface area (Å²) in [6.45, 7) is 2.26. The first-order valence-corrected chi connectivity index (χ1v) is 8.34. The van der Waals surface area contributed by atoms with Gasteiger partial charge in [-0.25, -0.2) is 9.67 Å². The molecule has 1 atom stereocenters. The fraction of sp³-hybridized carbons (Fsp3) is 0.471. The lowest BCUT2D eigenvalue weighted by molar-refractivity contribution is -0.274. The Balaban J connectivity index is 1.64. The number of aromatic nitrogens is 3. The quantitative estimate of drug-likeness (QED) is 0.856. The number of carbonyl (C=O) groups is 1. The zero-order chi connectivity index (χ0) is 19.6. The lowest BCUT2D eigenvalue weighted by atomic mass is 10.1. The van der Waals surface area contributed by atoms with Crippen LogP contribution in [-0.2, 0) is 24.3 Å². The molecule has 0 aliphatic carbocycles. The number of ether oxygens (including phenoxy) is 2. The number of carbonyl (C=O) groups excluding carboxylic acids is 1. The molecular formula is C17H19F3N4O3. The molecule has 1 unspecified atom stereocenters. The van der Waals surface area contributed by atoms with Crippen molar-refractivity contribution in [1.29, 1.82) is 0 Å². The number of hydrogen-bond acceptors (Lipinski definition) is 5. The lowest BCUT2D eigenvalue weighted by Gasteiger charge is -2.23. The summed E-state index contributed by atoms with van der Waals surface area (Å²) in [5.41, 5.74) is 0.498. The summed E-state index contributed by atoms with van der Waals surface area (Å²) in [5.74, 6) is 0.754. The van der Waals surface area contributed by atoms with Gasteiger partial charge < -0.3 is 14.8 Å². The van der Waals surface area contributed by atoms with Crippen LogP contribution in [0.4, 0.5) is 13.2 Å². The number of rotatable bonds is 5. The van der Waals surface area contributed by atoms with Gasteiger partial charge in [-0.3, -0.25) is 4.79 Å². The molecule has 2 heterocycles. The molecule has 2 aromatic rings. The van der Waals surface area contributed by atoms with Crippen LogP contribution in [-0.4, -0.2) is 40.2 Å². The van der Waals surface area contributed by atoms with Crippen molar-refractivity contribution >= 4 is 5.91 Å². The highest BCUT2D eigenvalue weighted by Crippen LogP contribution is 2.26. The first-order chi connectivity index (χ1) is 12.7. The Morgan fingerprint density at radius 1 is 1.41 bits per heavy atom. The molecule has 27 heavy (non-hydrogen) atoms.